The number of hydrogen-bond acceptors (Lipinski definition) is 2. The van der Waals surface area contributed by atoms with Gasteiger partial charge >= 0.3 is 0 Å². The second kappa shape index (κ2) is 8.06. The minimum Gasteiger partial charge on any atom is -0.330 e. The fourth-order valence-electron chi connectivity index (χ4n) is 1.18. The van der Waals surface area contributed by atoms with Crippen LogP contribution in [-0.2, 0) is 0 Å². The quantitative estimate of drug-likeness (QED) is 0.390. The van der Waals surface area contributed by atoms with Crippen LogP contribution in [0.2, 0.25) is 12.1 Å². The Kier molecular flexibility index (Phi) is 8.51. The molecular formula is C8H20Cl2N2Si. The molecule has 0 saturated heterocycles. The molecule has 0 aromatic carbocycles. The number of hydrogen-bond donors (Lipinski definition) is 2. The first-order valence-corrected chi connectivity index (χ1v) is 9.34. The molecule has 4 N–H and O–H groups in total. The van der Waals surface area contributed by atoms with Gasteiger partial charge < -0.3 is 11.5 Å². The normalized spacial score (nSPS) is 12.0. The Bertz CT molecular complexity index is 111. The van der Waals surface area contributed by atoms with Gasteiger partial charge in [-0.15, -0.1) is 22.2 Å². The van der Waals surface area contributed by atoms with Crippen molar-refractivity contribution in [2.75, 3.05) is 13.1 Å². The van der Waals surface area contributed by atoms with Crippen LogP contribution in [0.25, 0.3) is 0 Å². The van der Waals surface area contributed by atoms with E-state index in [1.807, 2.05) is 0 Å². The maximum Gasteiger partial charge on any atom is 0.251 e. The monoisotopic (exact) mass is 242 g/mol. The van der Waals surface area contributed by atoms with Gasteiger partial charge in [0.15, 0.2) is 0 Å². The molecule has 0 unspecified atom stereocenters. The van der Waals surface area contributed by atoms with Crippen molar-refractivity contribution in [3.8, 4) is 0 Å². The highest BCUT2D eigenvalue weighted by Crippen LogP contribution is 2.29. The van der Waals surface area contributed by atoms with Crippen LogP contribution in [0.3, 0.4) is 0 Å². The van der Waals surface area contributed by atoms with Crippen molar-refractivity contribution in [3.05, 3.63) is 0 Å². The van der Waals surface area contributed by atoms with Crippen molar-refractivity contribution in [2.45, 2.75) is 37.8 Å². The van der Waals surface area contributed by atoms with E-state index in [0.717, 1.165) is 50.9 Å². The van der Waals surface area contributed by atoms with E-state index < -0.39 is 6.69 Å². The largest absolute Gasteiger partial charge is 0.330 e. The SMILES string of the molecule is NCCCC[Si](Cl)(Cl)CCCCN. The zero-order valence-electron chi connectivity index (χ0n) is 8.07. The summed E-state index contributed by atoms with van der Waals surface area (Å²) >= 11 is 12.5. The fourth-order valence-corrected chi connectivity index (χ4v) is 4.57. The van der Waals surface area contributed by atoms with E-state index in [1.165, 1.54) is 0 Å². The summed E-state index contributed by atoms with van der Waals surface area (Å²) in [5.74, 6) is 0. The third kappa shape index (κ3) is 9.03. The molecule has 0 aliphatic heterocycles. The van der Waals surface area contributed by atoms with Gasteiger partial charge in [0.05, 0.1) is 0 Å². The summed E-state index contributed by atoms with van der Waals surface area (Å²) in [6.45, 7) is -0.470. The first-order chi connectivity index (χ1) is 6.12. The van der Waals surface area contributed by atoms with Crippen LogP contribution >= 0.6 is 22.2 Å². The summed E-state index contributed by atoms with van der Waals surface area (Å²) in [5.41, 5.74) is 10.8. The van der Waals surface area contributed by atoms with E-state index in [4.69, 9.17) is 33.6 Å². The molecule has 0 saturated carbocycles. The van der Waals surface area contributed by atoms with Crippen molar-refractivity contribution < 1.29 is 0 Å². The molecule has 0 aromatic heterocycles. The highest BCUT2D eigenvalue weighted by molar-refractivity contribution is 7.45. The fraction of sp³-hybridized carbons (Fsp3) is 1.00. The third-order valence-electron chi connectivity index (χ3n) is 1.99. The maximum atomic E-state index is 6.23. The van der Waals surface area contributed by atoms with Gasteiger partial charge in [0.1, 0.15) is 0 Å². The highest BCUT2D eigenvalue weighted by Gasteiger charge is 2.26. The van der Waals surface area contributed by atoms with Crippen LogP contribution in [0, 0.1) is 0 Å². The lowest BCUT2D eigenvalue weighted by Crippen LogP contribution is -2.19. The smallest absolute Gasteiger partial charge is 0.251 e. The first kappa shape index (κ1) is 13.7. The van der Waals surface area contributed by atoms with E-state index in [2.05, 4.69) is 0 Å². The molecule has 0 rings (SSSR count). The highest BCUT2D eigenvalue weighted by atomic mass is 35.7. The van der Waals surface area contributed by atoms with E-state index >= 15 is 0 Å². The zero-order valence-corrected chi connectivity index (χ0v) is 10.6. The zero-order chi connectivity index (χ0) is 10.2. The Labute approximate surface area is 91.4 Å². The van der Waals surface area contributed by atoms with E-state index in [9.17, 15) is 0 Å². The average Bonchev–Trinajstić information content (AvgIpc) is 2.05. The maximum absolute atomic E-state index is 6.23. The second-order valence-corrected chi connectivity index (χ2v) is 11.0. The minimum atomic E-state index is -1.94. The van der Waals surface area contributed by atoms with E-state index in [1.54, 1.807) is 0 Å². The Morgan fingerprint density at radius 3 is 1.46 bits per heavy atom. The van der Waals surface area contributed by atoms with Crippen LogP contribution in [0.1, 0.15) is 25.7 Å². The van der Waals surface area contributed by atoms with Crippen molar-refractivity contribution in [3.63, 3.8) is 0 Å². The van der Waals surface area contributed by atoms with Gasteiger partial charge in [0, 0.05) is 0 Å². The number of nitrogens with two attached hydrogens (primary N) is 2. The summed E-state index contributed by atoms with van der Waals surface area (Å²) < 4.78 is 0. The summed E-state index contributed by atoms with van der Waals surface area (Å²) in [5, 5.41) is 0. The van der Waals surface area contributed by atoms with E-state index in [-0.39, 0.29) is 0 Å². The van der Waals surface area contributed by atoms with Crippen LogP contribution in [0.15, 0.2) is 0 Å². The molecule has 13 heavy (non-hydrogen) atoms. The van der Waals surface area contributed by atoms with Gasteiger partial charge in [-0.1, -0.05) is 12.8 Å². The molecule has 0 spiro atoms. The Balaban J connectivity index is 3.42. The number of unbranched alkanes of at least 4 members (excludes halogenated alkanes) is 2. The van der Waals surface area contributed by atoms with E-state index in [0.29, 0.717) is 0 Å². The average molecular weight is 243 g/mol. The van der Waals surface area contributed by atoms with Crippen molar-refractivity contribution in [1.82, 2.24) is 0 Å². The molecule has 0 aliphatic rings. The van der Waals surface area contributed by atoms with Gasteiger partial charge in [-0.2, -0.15) is 0 Å². The lowest BCUT2D eigenvalue weighted by atomic mass is 10.3. The summed E-state index contributed by atoms with van der Waals surface area (Å²) in [7, 11) is 0. The lowest BCUT2D eigenvalue weighted by molar-refractivity contribution is 0.780. The Hall–Kier alpha value is 0.717. The molecule has 0 heterocycles. The van der Waals surface area contributed by atoms with Crippen LogP contribution in [0.4, 0.5) is 0 Å². The Morgan fingerprint density at radius 1 is 0.769 bits per heavy atom. The predicted octanol–water partition coefficient (Wildman–Crippen LogP) is 2.38. The van der Waals surface area contributed by atoms with Crippen LogP contribution in [-0.4, -0.2) is 19.8 Å². The van der Waals surface area contributed by atoms with Crippen molar-refractivity contribution in [1.29, 1.82) is 0 Å². The summed E-state index contributed by atoms with van der Waals surface area (Å²) in [6, 6.07) is 1.94. The molecule has 0 atom stereocenters. The predicted molar refractivity (Wildman–Crippen MR) is 63.7 cm³/mol. The summed E-state index contributed by atoms with van der Waals surface area (Å²) in [4.78, 5) is 0. The van der Waals surface area contributed by atoms with Gasteiger partial charge in [-0.25, -0.2) is 0 Å². The first-order valence-electron chi connectivity index (χ1n) is 4.90. The summed E-state index contributed by atoms with van der Waals surface area (Å²) in [6.07, 6.45) is 4.20. The molecule has 0 bridgehead atoms. The molecule has 2 nitrogen and oxygen atoms in total. The van der Waals surface area contributed by atoms with Crippen molar-refractivity contribution >= 4 is 28.9 Å². The molecule has 0 aromatic rings. The van der Waals surface area contributed by atoms with Gasteiger partial charge in [0.25, 0.3) is 6.69 Å². The molecule has 0 aliphatic carbocycles. The van der Waals surface area contributed by atoms with Crippen LogP contribution < -0.4 is 11.5 Å². The topological polar surface area (TPSA) is 52.0 Å². The van der Waals surface area contributed by atoms with Crippen LogP contribution in [0.5, 0.6) is 0 Å². The Morgan fingerprint density at radius 2 is 1.15 bits per heavy atom. The third-order valence-corrected chi connectivity index (χ3v) is 6.43. The number of rotatable bonds is 8. The van der Waals surface area contributed by atoms with Gasteiger partial charge in [-0.05, 0) is 38.0 Å². The van der Waals surface area contributed by atoms with Gasteiger partial charge in [0.2, 0.25) is 0 Å². The minimum absolute atomic E-state index is 0.737. The standard InChI is InChI=1S/C8H20Cl2N2Si/c9-13(10,7-3-1-5-11)8-4-2-6-12/h1-8,11-12H2. The van der Waals surface area contributed by atoms with Crippen molar-refractivity contribution in [2.24, 2.45) is 11.5 Å². The molecule has 0 amide bonds. The second-order valence-electron chi connectivity index (χ2n) is 3.35. The molecular weight excluding hydrogens is 223 g/mol. The lowest BCUT2D eigenvalue weighted by Gasteiger charge is -2.15. The molecule has 0 fully saturated rings. The molecule has 80 valence electrons. The number of halogens is 2. The molecule has 5 heteroatoms. The molecule has 0 radical (unpaired) electrons. The van der Waals surface area contributed by atoms with Gasteiger partial charge in [-0.3, -0.25) is 0 Å².